The summed E-state index contributed by atoms with van der Waals surface area (Å²) in [5, 5.41) is 10.6. The highest BCUT2D eigenvalue weighted by atomic mass is 32.2. The van der Waals surface area contributed by atoms with Crippen LogP contribution >= 0.6 is 0 Å². The highest BCUT2D eigenvalue weighted by Crippen LogP contribution is 2.21. The van der Waals surface area contributed by atoms with Crippen molar-refractivity contribution in [3.63, 3.8) is 0 Å². The molecule has 0 spiro atoms. The molecule has 122 valence electrons. The van der Waals surface area contributed by atoms with Crippen LogP contribution in [0.4, 0.5) is 11.4 Å². The molecule has 0 radical (unpaired) electrons. The van der Waals surface area contributed by atoms with E-state index in [2.05, 4.69) is 0 Å². The molecule has 1 fully saturated rings. The summed E-state index contributed by atoms with van der Waals surface area (Å²) in [6.07, 6.45) is 0. The number of hydrogen-bond donors (Lipinski definition) is 0. The third-order valence-electron chi connectivity index (χ3n) is 3.60. The molecule has 0 unspecified atom stereocenters. The minimum Gasteiger partial charge on any atom is -0.384 e. The van der Waals surface area contributed by atoms with Crippen molar-refractivity contribution in [2.24, 2.45) is 0 Å². The Hall–Kier alpha value is -1.71. The van der Waals surface area contributed by atoms with Crippen molar-refractivity contribution in [2.45, 2.75) is 0 Å². The number of ether oxygens (including phenoxy) is 1. The lowest BCUT2D eigenvalue weighted by atomic mass is 10.2. The number of rotatable bonds is 6. The topological polar surface area (TPSA) is 93.0 Å². The van der Waals surface area contributed by atoms with Gasteiger partial charge in [0.1, 0.15) is 0 Å². The monoisotopic (exact) mass is 329 g/mol. The van der Waals surface area contributed by atoms with Gasteiger partial charge in [0.05, 0.1) is 17.3 Å². The standard InChI is InChI=1S/C13H19N3O5S/c1-21-10-11-22(19,20)15-8-6-14(7-9-15)12-2-4-13(5-3-12)16(17)18/h2-5H,6-11H2,1H3. The summed E-state index contributed by atoms with van der Waals surface area (Å²) in [6.45, 7) is 2.12. The summed E-state index contributed by atoms with van der Waals surface area (Å²) in [5.41, 5.74) is 0.907. The fraction of sp³-hybridized carbons (Fsp3) is 0.538. The van der Waals surface area contributed by atoms with E-state index >= 15 is 0 Å². The number of benzene rings is 1. The summed E-state index contributed by atoms with van der Waals surface area (Å²) in [5.74, 6) is -0.0129. The van der Waals surface area contributed by atoms with Crippen LogP contribution in [0.3, 0.4) is 0 Å². The molecule has 8 nitrogen and oxygen atoms in total. The zero-order valence-corrected chi connectivity index (χ0v) is 13.2. The molecule has 1 aromatic rings. The minimum atomic E-state index is -3.28. The Labute approximate surface area is 129 Å². The van der Waals surface area contributed by atoms with Crippen LogP contribution in [0.25, 0.3) is 0 Å². The van der Waals surface area contributed by atoms with Gasteiger partial charge in [0.2, 0.25) is 10.0 Å². The molecule has 0 atom stereocenters. The van der Waals surface area contributed by atoms with Gasteiger partial charge in [-0.15, -0.1) is 0 Å². The van der Waals surface area contributed by atoms with Gasteiger partial charge in [0.25, 0.3) is 5.69 Å². The first-order chi connectivity index (χ1) is 10.4. The van der Waals surface area contributed by atoms with E-state index in [9.17, 15) is 18.5 Å². The molecule has 0 aromatic heterocycles. The van der Waals surface area contributed by atoms with Crippen molar-refractivity contribution < 1.29 is 18.1 Å². The molecule has 1 aliphatic heterocycles. The Morgan fingerprint density at radius 3 is 2.27 bits per heavy atom. The van der Waals surface area contributed by atoms with Gasteiger partial charge in [-0.1, -0.05) is 0 Å². The van der Waals surface area contributed by atoms with Crippen molar-refractivity contribution in [2.75, 3.05) is 50.5 Å². The summed E-state index contributed by atoms with van der Waals surface area (Å²) < 4.78 is 30.4. The predicted molar refractivity (Wildman–Crippen MR) is 82.5 cm³/mol. The zero-order chi connectivity index (χ0) is 16.2. The number of nitro benzene ring substituents is 1. The maximum absolute atomic E-state index is 12.1. The molecule has 1 aromatic carbocycles. The maximum atomic E-state index is 12.1. The first-order valence-electron chi connectivity index (χ1n) is 6.90. The Bertz CT molecular complexity index is 609. The van der Waals surface area contributed by atoms with Gasteiger partial charge in [-0.05, 0) is 12.1 Å². The summed E-state index contributed by atoms with van der Waals surface area (Å²) >= 11 is 0. The van der Waals surface area contributed by atoms with Crippen LogP contribution in [0.15, 0.2) is 24.3 Å². The number of nitrogens with zero attached hydrogens (tertiary/aromatic N) is 3. The molecule has 1 heterocycles. The van der Waals surface area contributed by atoms with Crippen LogP contribution in [-0.4, -0.2) is 63.3 Å². The molecule has 2 rings (SSSR count). The summed E-state index contributed by atoms with van der Waals surface area (Å²) in [4.78, 5) is 12.2. The van der Waals surface area contributed by atoms with Crippen molar-refractivity contribution in [1.29, 1.82) is 0 Å². The van der Waals surface area contributed by atoms with Crippen molar-refractivity contribution in [3.8, 4) is 0 Å². The SMILES string of the molecule is COCCS(=O)(=O)N1CCN(c2ccc([N+](=O)[O-])cc2)CC1. The van der Waals surface area contributed by atoms with Gasteiger partial charge < -0.3 is 9.64 Å². The lowest BCUT2D eigenvalue weighted by molar-refractivity contribution is -0.384. The predicted octanol–water partition coefficient (Wildman–Crippen LogP) is 0.693. The van der Waals surface area contributed by atoms with E-state index < -0.39 is 14.9 Å². The van der Waals surface area contributed by atoms with Crippen molar-refractivity contribution in [1.82, 2.24) is 4.31 Å². The number of hydrogen-bond acceptors (Lipinski definition) is 6. The van der Waals surface area contributed by atoms with E-state index in [-0.39, 0.29) is 18.0 Å². The normalized spacial score (nSPS) is 16.7. The lowest BCUT2D eigenvalue weighted by Crippen LogP contribution is -2.49. The van der Waals surface area contributed by atoms with Crippen molar-refractivity contribution >= 4 is 21.4 Å². The smallest absolute Gasteiger partial charge is 0.269 e. The summed E-state index contributed by atoms with van der Waals surface area (Å²) in [6, 6.07) is 6.29. The van der Waals surface area contributed by atoms with Gasteiger partial charge in [0, 0.05) is 51.1 Å². The van der Waals surface area contributed by atoms with Gasteiger partial charge in [-0.3, -0.25) is 10.1 Å². The second-order valence-corrected chi connectivity index (χ2v) is 7.06. The maximum Gasteiger partial charge on any atom is 0.269 e. The Balaban J connectivity index is 1.95. The second kappa shape index (κ2) is 7.03. The number of piperazine rings is 1. The molecule has 0 bridgehead atoms. The fourth-order valence-electron chi connectivity index (χ4n) is 2.33. The Morgan fingerprint density at radius 1 is 1.18 bits per heavy atom. The number of sulfonamides is 1. The van der Waals surface area contributed by atoms with Crippen LogP contribution < -0.4 is 4.90 Å². The average molecular weight is 329 g/mol. The average Bonchev–Trinajstić information content (AvgIpc) is 2.53. The second-order valence-electron chi connectivity index (χ2n) is 4.97. The highest BCUT2D eigenvalue weighted by Gasteiger charge is 2.26. The molecule has 0 N–H and O–H groups in total. The van der Waals surface area contributed by atoms with Crippen LogP contribution in [0, 0.1) is 10.1 Å². The molecule has 0 amide bonds. The fourth-order valence-corrected chi connectivity index (χ4v) is 3.68. The van der Waals surface area contributed by atoms with E-state index in [1.54, 1.807) is 12.1 Å². The van der Waals surface area contributed by atoms with Crippen LogP contribution in [-0.2, 0) is 14.8 Å². The van der Waals surface area contributed by atoms with E-state index in [0.29, 0.717) is 26.2 Å². The highest BCUT2D eigenvalue weighted by molar-refractivity contribution is 7.89. The Kier molecular flexibility index (Phi) is 5.33. The zero-order valence-electron chi connectivity index (χ0n) is 12.3. The number of nitro groups is 1. The molecule has 1 saturated heterocycles. The lowest BCUT2D eigenvalue weighted by Gasteiger charge is -2.35. The third kappa shape index (κ3) is 3.93. The molecular weight excluding hydrogens is 310 g/mol. The first kappa shape index (κ1) is 16.7. The Morgan fingerprint density at radius 2 is 1.77 bits per heavy atom. The van der Waals surface area contributed by atoms with Gasteiger partial charge in [0.15, 0.2) is 0 Å². The van der Waals surface area contributed by atoms with Crippen molar-refractivity contribution in [3.05, 3.63) is 34.4 Å². The molecule has 9 heteroatoms. The van der Waals surface area contributed by atoms with E-state index in [4.69, 9.17) is 4.74 Å². The molecule has 1 aliphatic rings. The number of methoxy groups -OCH3 is 1. The van der Waals surface area contributed by atoms with Crippen LogP contribution in [0.5, 0.6) is 0 Å². The summed E-state index contributed by atoms with van der Waals surface area (Å²) in [7, 11) is -1.80. The van der Waals surface area contributed by atoms with Gasteiger partial charge >= 0.3 is 0 Å². The molecular formula is C13H19N3O5S. The largest absolute Gasteiger partial charge is 0.384 e. The van der Waals surface area contributed by atoms with Gasteiger partial charge in [-0.25, -0.2) is 8.42 Å². The quantitative estimate of drug-likeness (QED) is 0.563. The van der Waals surface area contributed by atoms with Crippen LogP contribution in [0.1, 0.15) is 0 Å². The number of anilines is 1. The van der Waals surface area contributed by atoms with E-state index in [1.807, 2.05) is 4.90 Å². The molecule has 22 heavy (non-hydrogen) atoms. The third-order valence-corrected chi connectivity index (χ3v) is 5.44. The van der Waals surface area contributed by atoms with Gasteiger partial charge in [-0.2, -0.15) is 4.31 Å². The first-order valence-corrected chi connectivity index (χ1v) is 8.51. The van der Waals surface area contributed by atoms with Crippen LogP contribution in [0.2, 0.25) is 0 Å². The van der Waals surface area contributed by atoms with E-state index in [1.165, 1.54) is 23.5 Å². The van der Waals surface area contributed by atoms with E-state index in [0.717, 1.165) is 5.69 Å². The molecule has 0 aliphatic carbocycles. The molecule has 0 saturated carbocycles. The number of non-ortho nitro benzene ring substituents is 1. The minimum absolute atomic E-state index is 0.0129.